The number of aryl methyl sites for hydroxylation is 1. The SMILES string of the molecule is Cc1cc2c(cc1N(c1ccc(-c3ccc4c(c3)C3C=CC=CC3N4c3ccccc3)cc1)C1C=CC(c3ccccc3)=CC1)C(C)(C)C1(C)C=CC=CC21. The molecule has 1 heterocycles. The van der Waals surface area contributed by atoms with Crippen LogP contribution in [-0.2, 0) is 5.41 Å². The molecule has 5 atom stereocenters. The summed E-state index contributed by atoms with van der Waals surface area (Å²) in [4.78, 5) is 5.10. The lowest BCUT2D eigenvalue weighted by Crippen LogP contribution is -2.36. The van der Waals surface area contributed by atoms with Crippen molar-refractivity contribution in [1.29, 1.82) is 0 Å². The van der Waals surface area contributed by atoms with E-state index < -0.39 is 0 Å². The number of rotatable bonds is 6. The molecule has 5 aliphatic rings. The zero-order chi connectivity index (χ0) is 37.3. The molecule has 0 N–H and O–H groups in total. The third-order valence-corrected chi connectivity index (χ3v) is 13.6. The molecular formula is C53H48N2. The quantitative estimate of drug-likeness (QED) is 0.173. The highest BCUT2D eigenvalue weighted by Gasteiger charge is 2.53. The first-order valence-electron chi connectivity index (χ1n) is 20.0. The van der Waals surface area contributed by atoms with E-state index in [1.807, 2.05) is 0 Å². The highest BCUT2D eigenvalue weighted by molar-refractivity contribution is 5.81. The summed E-state index contributed by atoms with van der Waals surface area (Å²) < 4.78 is 0. The van der Waals surface area contributed by atoms with Crippen molar-refractivity contribution >= 4 is 28.3 Å². The van der Waals surface area contributed by atoms with E-state index in [9.17, 15) is 0 Å². The van der Waals surface area contributed by atoms with Crippen molar-refractivity contribution in [3.63, 3.8) is 0 Å². The Labute approximate surface area is 326 Å². The largest absolute Gasteiger partial charge is 0.334 e. The molecule has 2 heteroatoms. The van der Waals surface area contributed by atoms with E-state index in [2.05, 4.69) is 220 Å². The van der Waals surface area contributed by atoms with Crippen molar-refractivity contribution in [2.24, 2.45) is 5.41 Å². The van der Waals surface area contributed by atoms with Gasteiger partial charge in [0.25, 0.3) is 0 Å². The number of hydrogen-bond donors (Lipinski definition) is 0. The second-order valence-corrected chi connectivity index (χ2v) is 16.7. The number of nitrogens with zero attached hydrogens (tertiary/aromatic N) is 2. The molecule has 0 aromatic heterocycles. The van der Waals surface area contributed by atoms with Gasteiger partial charge in [-0.2, -0.15) is 0 Å². The minimum atomic E-state index is -0.0129. The summed E-state index contributed by atoms with van der Waals surface area (Å²) in [7, 11) is 0. The van der Waals surface area contributed by atoms with E-state index in [0.29, 0.717) is 11.8 Å². The molecule has 4 aliphatic carbocycles. The highest BCUT2D eigenvalue weighted by atomic mass is 15.2. The van der Waals surface area contributed by atoms with Crippen molar-refractivity contribution in [2.75, 3.05) is 9.80 Å². The molecule has 5 aromatic carbocycles. The molecule has 0 saturated carbocycles. The standard InChI is InChI=1S/C53H48N2/c1-36-33-46-47-20-13-14-32-53(47,4)52(2,3)48(46)35-51(36)54(42-27-22-38(23-28-42)37-15-7-5-8-16-37)43-29-24-39(25-30-43)40-26-31-50-45(34-40)44-19-11-12-21-49(44)55(50)41-17-9-6-10-18-41/h5-27,29-35,42,44,47,49H,28H2,1-4H3. The van der Waals surface area contributed by atoms with Gasteiger partial charge in [-0.15, -0.1) is 0 Å². The van der Waals surface area contributed by atoms with Gasteiger partial charge in [0.05, 0.1) is 12.1 Å². The topological polar surface area (TPSA) is 6.48 Å². The minimum Gasteiger partial charge on any atom is -0.334 e. The molecule has 10 rings (SSSR count). The zero-order valence-electron chi connectivity index (χ0n) is 32.2. The lowest BCUT2D eigenvalue weighted by molar-refractivity contribution is 0.245. The van der Waals surface area contributed by atoms with Crippen LogP contribution in [0.1, 0.15) is 66.8 Å². The maximum Gasteiger partial charge on any atom is 0.0629 e. The molecule has 0 bridgehead atoms. The van der Waals surface area contributed by atoms with Crippen LogP contribution in [0.2, 0.25) is 0 Å². The number of allylic oxidation sites excluding steroid dienone is 8. The predicted molar refractivity (Wildman–Crippen MR) is 233 cm³/mol. The van der Waals surface area contributed by atoms with Crippen LogP contribution in [0.25, 0.3) is 16.7 Å². The second kappa shape index (κ2) is 12.9. The predicted octanol–water partition coefficient (Wildman–Crippen LogP) is 13.4. The summed E-state index contributed by atoms with van der Waals surface area (Å²) in [6, 6.07) is 43.5. The summed E-state index contributed by atoms with van der Waals surface area (Å²) in [5.74, 6) is 0.711. The van der Waals surface area contributed by atoms with Crippen LogP contribution in [0.4, 0.5) is 22.7 Å². The number of fused-ring (bicyclic) bond motifs is 6. The van der Waals surface area contributed by atoms with Crippen LogP contribution >= 0.6 is 0 Å². The molecule has 5 unspecified atom stereocenters. The summed E-state index contributed by atoms with van der Waals surface area (Å²) in [6.45, 7) is 9.65. The molecule has 0 spiro atoms. The molecule has 1 aliphatic heterocycles. The molecule has 55 heavy (non-hydrogen) atoms. The fourth-order valence-corrected chi connectivity index (χ4v) is 10.2. The lowest BCUT2D eigenvalue weighted by Gasteiger charge is -2.41. The van der Waals surface area contributed by atoms with Crippen molar-refractivity contribution in [1.82, 2.24) is 0 Å². The fourth-order valence-electron chi connectivity index (χ4n) is 10.2. The van der Waals surface area contributed by atoms with E-state index in [4.69, 9.17) is 0 Å². The first kappa shape index (κ1) is 33.7. The Bertz CT molecular complexity index is 2480. The molecule has 0 amide bonds. The van der Waals surface area contributed by atoms with E-state index in [1.54, 1.807) is 0 Å². The average molecular weight is 713 g/mol. The number of anilines is 4. The molecule has 0 fully saturated rings. The number of hydrogen-bond acceptors (Lipinski definition) is 2. The maximum absolute atomic E-state index is 2.60. The van der Waals surface area contributed by atoms with Gasteiger partial charge in [0.15, 0.2) is 0 Å². The van der Waals surface area contributed by atoms with Gasteiger partial charge in [-0.05, 0) is 106 Å². The number of para-hydroxylation sites is 1. The first-order chi connectivity index (χ1) is 26.8. The van der Waals surface area contributed by atoms with Gasteiger partial charge in [-0.1, -0.05) is 160 Å². The van der Waals surface area contributed by atoms with Crippen LogP contribution in [0.15, 0.2) is 182 Å². The normalized spacial score (nSPS) is 24.9. The monoisotopic (exact) mass is 712 g/mol. The van der Waals surface area contributed by atoms with Crippen LogP contribution in [0.5, 0.6) is 0 Å². The Morgan fingerprint density at radius 2 is 1.38 bits per heavy atom. The van der Waals surface area contributed by atoms with Gasteiger partial charge >= 0.3 is 0 Å². The fraction of sp³-hybridized carbons (Fsp3) is 0.208. The van der Waals surface area contributed by atoms with Gasteiger partial charge in [0.1, 0.15) is 0 Å². The Kier molecular flexibility index (Phi) is 7.89. The Balaban J connectivity index is 1.03. The van der Waals surface area contributed by atoms with E-state index in [-0.39, 0.29) is 22.9 Å². The van der Waals surface area contributed by atoms with Crippen LogP contribution in [0.3, 0.4) is 0 Å². The Morgan fingerprint density at radius 3 is 2.15 bits per heavy atom. The summed E-state index contributed by atoms with van der Waals surface area (Å²) in [5.41, 5.74) is 15.8. The molecule has 0 radical (unpaired) electrons. The Hall–Kier alpha value is -5.86. The molecular weight excluding hydrogens is 665 g/mol. The molecule has 2 nitrogen and oxygen atoms in total. The first-order valence-corrected chi connectivity index (χ1v) is 20.0. The van der Waals surface area contributed by atoms with Gasteiger partial charge in [-0.3, -0.25) is 0 Å². The summed E-state index contributed by atoms with van der Waals surface area (Å²) >= 11 is 0. The Morgan fingerprint density at radius 1 is 0.655 bits per heavy atom. The average Bonchev–Trinajstić information content (AvgIpc) is 3.64. The van der Waals surface area contributed by atoms with Gasteiger partial charge in [0, 0.05) is 40.0 Å². The van der Waals surface area contributed by atoms with Crippen molar-refractivity contribution in [3.05, 3.63) is 210 Å². The maximum atomic E-state index is 2.60. The molecule has 0 saturated heterocycles. The highest BCUT2D eigenvalue weighted by Crippen LogP contribution is 2.62. The van der Waals surface area contributed by atoms with E-state index in [0.717, 1.165) is 6.42 Å². The third-order valence-electron chi connectivity index (χ3n) is 13.6. The number of benzene rings is 5. The van der Waals surface area contributed by atoms with Crippen LogP contribution in [0, 0.1) is 12.3 Å². The smallest absolute Gasteiger partial charge is 0.0629 e. The van der Waals surface area contributed by atoms with Crippen molar-refractivity contribution in [3.8, 4) is 11.1 Å². The zero-order valence-corrected chi connectivity index (χ0v) is 32.2. The minimum absolute atomic E-state index is 0.0129. The summed E-state index contributed by atoms with van der Waals surface area (Å²) in [5, 5.41) is 0. The van der Waals surface area contributed by atoms with Gasteiger partial charge in [0.2, 0.25) is 0 Å². The van der Waals surface area contributed by atoms with Crippen molar-refractivity contribution in [2.45, 2.75) is 63.5 Å². The molecule has 270 valence electrons. The van der Waals surface area contributed by atoms with Crippen molar-refractivity contribution < 1.29 is 0 Å². The van der Waals surface area contributed by atoms with E-state index >= 15 is 0 Å². The van der Waals surface area contributed by atoms with Crippen LogP contribution in [-0.4, -0.2) is 12.1 Å². The van der Waals surface area contributed by atoms with Gasteiger partial charge in [-0.25, -0.2) is 0 Å². The lowest BCUT2D eigenvalue weighted by atomic mass is 9.62. The molecule has 5 aromatic rings. The van der Waals surface area contributed by atoms with E-state index in [1.165, 1.54) is 67.3 Å². The second-order valence-electron chi connectivity index (χ2n) is 16.7. The third kappa shape index (κ3) is 5.29. The van der Waals surface area contributed by atoms with Crippen LogP contribution < -0.4 is 9.80 Å². The van der Waals surface area contributed by atoms with Gasteiger partial charge < -0.3 is 9.80 Å². The summed E-state index contributed by atoms with van der Waals surface area (Å²) in [6.07, 6.45) is 26.6.